The molecule has 0 spiro atoms. The number of hydrogen-bond donors (Lipinski definition) is 0. The van der Waals surface area contributed by atoms with E-state index in [4.69, 9.17) is 6.42 Å². The van der Waals surface area contributed by atoms with Gasteiger partial charge in [0.25, 0.3) is 10.1 Å². The number of carbonyl (C=O) groups excluding carboxylic acids is 1. The first kappa shape index (κ1) is 11.1. The molecule has 4 nitrogen and oxygen atoms in total. The molecule has 0 rings (SSSR count). The van der Waals surface area contributed by atoms with Crippen molar-refractivity contribution in [2.24, 2.45) is 0 Å². The Balaban J connectivity index is 4.37. The van der Waals surface area contributed by atoms with Crippen molar-refractivity contribution >= 4 is 15.9 Å². The van der Waals surface area contributed by atoms with E-state index < -0.39 is 22.0 Å². The summed E-state index contributed by atoms with van der Waals surface area (Å²) in [5.41, 5.74) is 0. The summed E-state index contributed by atoms with van der Waals surface area (Å²) in [6.45, 7) is 1.23. The normalized spacial score (nSPS) is 13.4. The van der Waals surface area contributed by atoms with Crippen molar-refractivity contribution in [3.63, 3.8) is 0 Å². The zero-order valence-corrected chi connectivity index (χ0v) is 7.72. The van der Waals surface area contributed by atoms with Crippen LogP contribution in [0.4, 0.5) is 0 Å². The third-order valence-corrected chi connectivity index (χ3v) is 1.63. The maximum absolute atomic E-state index is 10.7. The molecule has 12 heavy (non-hydrogen) atoms. The lowest BCUT2D eigenvalue weighted by Gasteiger charge is -2.08. The second-order valence-electron chi connectivity index (χ2n) is 2.31. The molecular weight excluding hydrogens is 180 g/mol. The molecule has 0 aromatic heterocycles. The van der Waals surface area contributed by atoms with Crippen molar-refractivity contribution < 1.29 is 17.4 Å². The molecular formula is C7H10O4S. The molecule has 0 saturated heterocycles. The van der Waals surface area contributed by atoms with Crippen LogP contribution in [0.25, 0.3) is 0 Å². The van der Waals surface area contributed by atoms with Gasteiger partial charge in [0.15, 0.2) is 5.78 Å². The summed E-state index contributed by atoms with van der Waals surface area (Å²) in [6, 6.07) is 0. The molecule has 0 aromatic rings. The Bertz CT molecular complexity index is 296. The average molecular weight is 190 g/mol. The fourth-order valence-corrected chi connectivity index (χ4v) is 1.19. The first-order valence-corrected chi connectivity index (χ1v) is 5.00. The van der Waals surface area contributed by atoms with Gasteiger partial charge >= 0.3 is 0 Å². The summed E-state index contributed by atoms with van der Waals surface area (Å²) in [4.78, 5) is 10.7. The van der Waals surface area contributed by atoms with Gasteiger partial charge in [0.05, 0.1) is 6.26 Å². The minimum Gasteiger partial charge on any atom is -0.297 e. The van der Waals surface area contributed by atoms with Crippen molar-refractivity contribution in [3.05, 3.63) is 0 Å². The Morgan fingerprint density at radius 3 is 2.42 bits per heavy atom. The summed E-state index contributed by atoms with van der Waals surface area (Å²) < 4.78 is 25.6. The Morgan fingerprint density at radius 2 is 2.17 bits per heavy atom. The quantitative estimate of drug-likeness (QED) is 0.460. The van der Waals surface area contributed by atoms with Gasteiger partial charge in [-0.25, -0.2) is 0 Å². The summed E-state index contributed by atoms with van der Waals surface area (Å²) >= 11 is 0. The molecule has 1 unspecified atom stereocenters. The molecule has 0 aliphatic carbocycles. The standard InChI is InChI=1S/C7H10O4S/c1-4-5-7(6(2)8)11-12(3,9)10/h1,7H,5H2,2-3H3. The maximum Gasteiger partial charge on any atom is 0.265 e. The Hall–Kier alpha value is -0.860. The van der Waals surface area contributed by atoms with E-state index in [0.717, 1.165) is 6.26 Å². The number of hydrogen-bond acceptors (Lipinski definition) is 4. The molecule has 0 N–H and O–H groups in total. The lowest BCUT2D eigenvalue weighted by molar-refractivity contribution is -0.123. The number of carbonyl (C=O) groups is 1. The van der Waals surface area contributed by atoms with E-state index in [1.54, 1.807) is 0 Å². The molecule has 5 heteroatoms. The second kappa shape index (κ2) is 4.24. The van der Waals surface area contributed by atoms with E-state index in [1.807, 2.05) is 0 Å². The first-order chi connectivity index (χ1) is 5.37. The highest BCUT2D eigenvalue weighted by atomic mass is 32.2. The van der Waals surface area contributed by atoms with Gasteiger partial charge in [-0.3, -0.25) is 8.98 Å². The van der Waals surface area contributed by atoms with Crippen molar-refractivity contribution in [2.45, 2.75) is 19.4 Å². The number of terminal acetylenes is 1. The van der Waals surface area contributed by atoms with E-state index in [-0.39, 0.29) is 6.42 Å². The van der Waals surface area contributed by atoms with Crippen molar-refractivity contribution in [1.82, 2.24) is 0 Å². The van der Waals surface area contributed by atoms with Crippen molar-refractivity contribution in [3.8, 4) is 12.3 Å². The van der Waals surface area contributed by atoms with Crippen LogP contribution in [-0.4, -0.2) is 26.6 Å². The minimum absolute atomic E-state index is 0.0254. The van der Waals surface area contributed by atoms with Gasteiger partial charge in [-0.15, -0.1) is 12.3 Å². The van der Waals surface area contributed by atoms with E-state index in [0.29, 0.717) is 0 Å². The average Bonchev–Trinajstić information content (AvgIpc) is 1.83. The highest BCUT2D eigenvalue weighted by Crippen LogP contribution is 2.02. The van der Waals surface area contributed by atoms with E-state index >= 15 is 0 Å². The van der Waals surface area contributed by atoms with Crippen LogP contribution in [0, 0.1) is 12.3 Å². The zero-order valence-electron chi connectivity index (χ0n) is 6.90. The monoisotopic (exact) mass is 190 g/mol. The van der Waals surface area contributed by atoms with Crippen LogP contribution >= 0.6 is 0 Å². The Labute approximate surface area is 72.0 Å². The third kappa shape index (κ3) is 4.88. The van der Waals surface area contributed by atoms with Gasteiger partial charge in [0.1, 0.15) is 6.10 Å². The fourth-order valence-electron chi connectivity index (χ4n) is 0.564. The molecule has 0 amide bonds. The van der Waals surface area contributed by atoms with Crippen LogP contribution in [0.3, 0.4) is 0 Å². The maximum atomic E-state index is 10.7. The van der Waals surface area contributed by atoms with Crippen LogP contribution in [0.15, 0.2) is 0 Å². The fraction of sp³-hybridized carbons (Fsp3) is 0.571. The largest absolute Gasteiger partial charge is 0.297 e. The van der Waals surface area contributed by atoms with Crippen LogP contribution in [0.2, 0.25) is 0 Å². The predicted molar refractivity (Wildman–Crippen MR) is 43.8 cm³/mol. The Morgan fingerprint density at radius 1 is 1.67 bits per heavy atom. The van der Waals surface area contributed by atoms with Gasteiger partial charge in [-0.2, -0.15) is 8.42 Å². The Kier molecular flexibility index (Phi) is 3.93. The molecule has 68 valence electrons. The van der Waals surface area contributed by atoms with Gasteiger partial charge in [0, 0.05) is 6.42 Å². The lowest BCUT2D eigenvalue weighted by atomic mass is 10.2. The molecule has 0 saturated carbocycles. The number of rotatable bonds is 4. The summed E-state index contributed by atoms with van der Waals surface area (Å²) in [5.74, 6) is 1.77. The highest BCUT2D eigenvalue weighted by molar-refractivity contribution is 7.86. The summed E-state index contributed by atoms with van der Waals surface area (Å²) in [6.07, 6.45) is 4.72. The minimum atomic E-state index is -3.61. The van der Waals surface area contributed by atoms with Crippen LogP contribution < -0.4 is 0 Å². The summed E-state index contributed by atoms with van der Waals surface area (Å²) in [7, 11) is -3.61. The van der Waals surface area contributed by atoms with E-state index in [2.05, 4.69) is 10.1 Å². The van der Waals surface area contributed by atoms with Crippen LogP contribution in [0.1, 0.15) is 13.3 Å². The SMILES string of the molecule is C#CCC(OS(C)(=O)=O)C(C)=O. The molecule has 0 aliphatic heterocycles. The van der Waals surface area contributed by atoms with Gasteiger partial charge in [-0.1, -0.05) is 0 Å². The molecule has 0 bridgehead atoms. The van der Waals surface area contributed by atoms with Gasteiger partial charge in [-0.05, 0) is 6.92 Å². The van der Waals surface area contributed by atoms with Crippen molar-refractivity contribution in [1.29, 1.82) is 0 Å². The van der Waals surface area contributed by atoms with Crippen molar-refractivity contribution in [2.75, 3.05) is 6.26 Å². The third-order valence-electron chi connectivity index (χ3n) is 1.05. The molecule has 0 aromatic carbocycles. The molecule has 1 atom stereocenters. The first-order valence-electron chi connectivity index (χ1n) is 3.19. The van der Waals surface area contributed by atoms with Gasteiger partial charge in [0.2, 0.25) is 0 Å². The second-order valence-corrected chi connectivity index (χ2v) is 3.91. The molecule has 0 radical (unpaired) electrons. The van der Waals surface area contributed by atoms with Crippen LogP contribution in [-0.2, 0) is 19.1 Å². The van der Waals surface area contributed by atoms with E-state index in [9.17, 15) is 13.2 Å². The molecule has 0 heterocycles. The molecule has 0 fully saturated rings. The highest BCUT2D eigenvalue weighted by Gasteiger charge is 2.18. The summed E-state index contributed by atoms with van der Waals surface area (Å²) in [5, 5.41) is 0. The lowest BCUT2D eigenvalue weighted by Crippen LogP contribution is -2.24. The van der Waals surface area contributed by atoms with Gasteiger partial charge < -0.3 is 0 Å². The molecule has 0 aliphatic rings. The van der Waals surface area contributed by atoms with E-state index in [1.165, 1.54) is 6.92 Å². The van der Waals surface area contributed by atoms with Crippen LogP contribution in [0.5, 0.6) is 0 Å². The number of ketones is 1. The predicted octanol–water partition coefficient (Wildman–Crippen LogP) is -0.0565. The smallest absolute Gasteiger partial charge is 0.265 e. The zero-order chi connectivity index (χ0) is 9.78. The topological polar surface area (TPSA) is 60.4 Å². The number of Topliss-reactive ketones (excluding diaryl/α,β-unsaturated/α-hetero) is 1.